The lowest BCUT2D eigenvalue weighted by molar-refractivity contribution is 0.299. The van der Waals surface area contributed by atoms with Gasteiger partial charge < -0.3 is 15.7 Å². The Morgan fingerprint density at radius 1 is 1.38 bits per heavy atom. The van der Waals surface area contributed by atoms with Gasteiger partial charge in [0.2, 0.25) is 0 Å². The van der Waals surface area contributed by atoms with Crippen molar-refractivity contribution in [3.63, 3.8) is 0 Å². The molecule has 0 fully saturated rings. The quantitative estimate of drug-likeness (QED) is 0.369. The van der Waals surface area contributed by atoms with Gasteiger partial charge in [0, 0.05) is 10.0 Å². The number of rotatable bonds is 4. The summed E-state index contributed by atoms with van der Waals surface area (Å²) in [6.45, 7) is -0.0280. The molecule has 0 amide bonds. The highest BCUT2D eigenvalue weighted by Gasteiger charge is 2.12. The minimum atomic E-state index is -0.596. The van der Waals surface area contributed by atoms with Gasteiger partial charge in [-0.1, -0.05) is 44.8 Å². The van der Waals surface area contributed by atoms with Gasteiger partial charge in [-0.25, -0.2) is 4.39 Å². The van der Waals surface area contributed by atoms with Crippen molar-refractivity contribution >= 4 is 33.4 Å². The first-order valence-electron chi connectivity index (χ1n) is 5.86. The Bertz CT molecular complexity index is 695. The summed E-state index contributed by atoms with van der Waals surface area (Å²) in [5.74, 6) is -0.453. The molecule has 2 aromatic rings. The molecule has 21 heavy (non-hydrogen) atoms. The maximum atomic E-state index is 14.2. The van der Waals surface area contributed by atoms with Crippen LogP contribution in [0.4, 0.5) is 4.39 Å². The number of nitrogens with two attached hydrogens (primary N) is 1. The SMILES string of the molecule is N/C(=N/O)c1cccc(COc2ccc(Br)cc2Cl)c1F. The molecule has 3 N–H and O–H groups in total. The number of ether oxygens (including phenoxy) is 1. The first-order chi connectivity index (χ1) is 10.0. The van der Waals surface area contributed by atoms with E-state index in [1.54, 1.807) is 30.3 Å². The summed E-state index contributed by atoms with van der Waals surface area (Å²) in [6, 6.07) is 9.69. The van der Waals surface area contributed by atoms with E-state index in [-0.39, 0.29) is 23.6 Å². The zero-order chi connectivity index (χ0) is 15.4. The van der Waals surface area contributed by atoms with Crippen molar-refractivity contribution in [3.8, 4) is 5.75 Å². The van der Waals surface area contributed by atoms with Crippen molar-refractivity contribution in [2.45, 2.75) is 6.61 Å². The van der Waals surface area contributed by atoms with Gasteiger partial charge in [0.05, 0.1) is 10.6 Å². The van der Waals surface area contributed by atoms with Gasteiger partial charge in [-0.15, -0.1) is 0 Å². The number of amidine groups is 1. The van der Waals surface area contributed by atoms with Crippen molar-refractivity contribution in [3.05, 3.63) is 62.8 Å². The summed E-state index contributed by atoms with van der Waals surface area (Å²) < 4.78 is 20.5. The predicted octanol–water partition coefficient (Wildman–Crippen LogP) is 3.92. The fourth-order valence-corrected chi connectivity index (χ4v) is 2.42. The van der Waals surface area contributed by atoms with Crippen LogP contribution in [0.5, 0.6) is 5.75 Å². The van der Waals surface area contributed by atoms with Crippen LogP contribution in [0.2, 0.25) is 5.02 Å². The average Bonchev–Trinajstić information content (AvgIpc) is 2.47. The molecule has 0 radical (unpaired) electrons. The molecule has 0 bridgehead atoms. The van der Waals surface area contributed by atoms with Crippen LogP contribution in [-0.4, -0.2) is 11.0 Å². The zero-order valence-electron chi connectivity index (χ0n) is 10.7. The van der Waals surface area contributed by atoms with E-state index in [1.165, 1.54) is 6.07 Å². The molecule has 0 saturated carbocycles. The van der Waals surface area contributed by atoms with E-state index < -0.39 is 5.82 Å². The Kier molecular flexibility index (Phi) is 5.03. The van der Waals surface area contributed by atoms with E-state index in [4.69, 9.17) is 27.3 Å². The third-order valence-electron chi connectivity index (χ3n) is 2.74. The monoisotopic (exact) mass is 372 g/mol. The Balaban J connectivity index is 2.21. The van der Waals surface area contributed by atoms with Gasteiger partial charge in [-0.3, -0.25) is 0 Å². The second kappa shape index (κ2) is 6.78. The van der Waals surface area contributed by atoms with E-state index in [1.807, 2.05) is 0 Å². The van der Waals surface area contributed by atoms with Gasteiger partial charge in [-0.05, 0) is 24.3 Å². The van der Waals surface area contributed by atoms with Crippen LogP contribution < -0.4 is 10.5 Å². The van der Waals surface area contributed by atoms with Gasteiger partial charge in [-0.2, -0.15) is 0 Å². The van der Waals surface area contributed by atoms with E-state index in [0.29, 0.717) is 10.8 Å². The van der Waals surface area contributed by atoms with Crippen molar-refractivity contribution in [1.29, 1.82) is 0 Å². The molecule has 0 saturated heterocycles. The first-order valence-corrected chi connectivity index (χ1v) is 7.03. The highest BCUT2D eigenvalue weighted by molar-refractivity contribution is 9.10. The van der Waals surface area contributed by atoms with Gasteiger partial charge in [0.1, 0.15) is 18.2 Å². The van der Waals surface area contributed by atoms with Crippen LogP contribution in [0, 0.1) is 5.82 Å². The summed E-state index contributed by atoms with van der Waals surface area (Å²) in [6.07, 6.45) is 0. The summed E-state index contributed by atoms with van der Waals surface area (Å²) in [5.41, 5.74) is 5.70. The van der Waals surface area contributed by atoms with Crippen LogP contribution in [-0.2, 0) is 6.61 Å². The highest BCUT2D eigenvalue weighted by atomic mass is 79.9. The van der Waals surface area contributed by atoms with Crippen LogP contribution in [0.1, 0.15) is 11.1 Å². The largest absolute Gasteiger partial charge is 0.487 e. The van der Waals surface area contributed by atoms with E-state index in [9.17, 15) is 4.39 Å². The molecule has 2 aromatic carbocycles. The predicted molar refractivity (Wildman–Crippen MR) is 82.4 cm³/mol. The topological polar surface area (TPSA) is 67.8 Å². The lowest BCUT2D eigenvalue weighted by atomic mass is 10.1. The summed E-state index contributed by atoms with van der Waals surface area (Å²) in [7, 11) is 0. The summed E-state index contributed by atoms with van der Waals surface area (Å²) in [5, 5.41) is 11.8. The number of oxime groups is 1. The van der Waals surface area contributed by atoms with E-state index >= 15 is 0 Å². The molecule has 0 aromatic heterocycles. The lowest BCUT2D eigenvalue weighted by Gasteiger charge is -2.10. The Morgan fingerprint density at radius 2 is 2.14 bits per heavy atom. The van der Waals surface area contributed by atoms with Crippen molar-refractivity contribution < 1.29 is 14.3 Å². The molecule has 2 rings (SSSR count). The molecule has 0 unspecified atom stereocenters. The third-order valence-corrected chi connectivity index (χ3v) is 3.53. The van der Waals surface area contributed by atoms with Gasteiger partial charge >= 0.3 is 0 Å². The molecule has 0 spiro atoms. The summed E-state index contributed by atoms with van der Waals surface area (Å²) >= 11 is 9.31. The van der Waals surface area contributed by atoms with E-state index in [2.05, 4.69) is 21.1 Å². The molecule has 0 aliphatic rings. The molecule has 110 valence electrons. The normalized spacial score (nSPS) is 11.5. The molecule has 4 nitrogen and oxygen atoms in total. The minimum absolute atomic E-state index is 0.0144. The third kappa shape index (κ3) is 3.65. The van der Waals surface area contributed by atoms with Gasteiger partial charge in [0.25, 0.3) is 0 Å². The van der Waals surface area contributed by atoms with Crippen LogP contribution in [0.25, 0.3) is 0 Å². The summed E-state index contributed by atoms with van der Waals surface area (Å²) in [4.78, 5) is 0. The Hall–Kier alpha value is -1.79. The second-order valence-electron chi connectivity index (χ2n) is 4.13. The first kappa shape index (κ1) is 15.6. The fourth-order valence-electron chi connectivity index (χ4n) is 1.69. The molecule has 0 heterocycles. The maximum absolute atomic E-state index is 14.2. The second-order valence-corrected chi connectivity index (χ2v) is 5.45. The molecule has 0 aliphatic heterocycles. The van der Waals surface area contributed by atoms with Gasteiger partial charge in [0.15, 0.2) is 5.84 Å². The number of hydrogen-bond donors (Lipinski definition) is 2. The molecule has 0 aliphatic carbocycles. The number of hydrogen-bond acceptors (Lipinski definition) is 3. The van der Waals surface area contributed by atoms with Crippen molar-refractivity contribution in [1.82, 2.24) is 0 Å². The molecular weight excluding hydrogens is 363 g/mol. The molecule has 7 heteroatoms. The Morgan fingerprint density at radius 3 is 2.81 bits per heavy atom. The molecule has 0 atom stereocenters. The number of nitrogens with zero attached hydrogens (tertiary/aromatic N) is 1. The Labute approximate surface area is 134 Å². The maximum Gasteiger partial charge on any atom is 0.173 e. The average molecular weight is 374 g/mol. The van der Waals surface area contributed by atoms with Crippen molar-refractivity contribution in [2.75, 3.05) is 0 Å². The number of benzene rings is 2. The van der Waals surface area contributed by atoms with Crippen molar-refractivity contribution in [2.24, 2.45) is 10.9 Å². The van der Waals surface area contributed by atoms with E-state index in [0.717, 1.165) is 4.47 Å². The van der Waals surface area contributed by atoms with Crippen LogP contribution in [0.15, 0.2) is 46.0 Å². The zero-order valence-corrected chi connectivity index (χ0v) is 13.0. The number of halogens is 3. The molecular formula is C14H11BrClFN2O2. The highest BCUT2D eigenvalue weighted by Crippen LogP contribution is 2.28. The smallest absolute Gasteiger partial charge is 0.173 e. The van der Waals surface area contributed by atoms with Crippen LogP contribution >= 0.6 is 27.5 Å². The standard InChI is InChI=1S/C14H11BrClFN2O2/c15-9-4-5-12(11(16)6-9)21-7-8-2-1-3-10(13(8)17)14(18)19-20/h1-6,20H,7H2,(H2,18,19). The fraction of sp³-hybridized carbons (Fsp3) is 0.0714. The van der Waals surface area contributed by atoms with Crippen LogP contribution in [0.3, 0.4) is 0 Å². The lowest BCUT2D eigenvalue weighted by Crippen LogP contribution is -2.16. The minimum Gasteiger partial charge on any atom is -0.487 e.